The molecule has 0 heterocycles. The second-order valence-corrected chi connectivity index (χ2v) is 6.57. The molecule has 0 aromatic heterocycles. The topological polar surface area (TPSA) is 50.4 Å². The first-order chi connectivity index (χ1) is 12.5. The molecule has 0 aliphatic rings. The predicted octanol–water partition coefficient (Wildman–Crippen LogP) is 3.48. The van der Waals surface area contributed by atoms with Crippen LogP contribution in [0.1, 0.15) is 31.0 Å². The van der Waals surface area contributed by atoms with Crippen molar-refractivity contribution in [3.05, 3.63) is 65.5 Å². The molecule has 26 heavy (non-hydrogen) atoms. The zero-order chi connectivity index (χ0) is 18.9. The van der Waals surface area contributed by atoms with Crippen molar-refractivity contribution in [2.75, 3.05) is 20.2 Å². The van der Waals surface area contributed by atoms with Crippen LogP contribution < -0.4 is 15.4 Å². The maximum atomic E-state index is 13.1. The van der Waals surface area contributed by atoms with E-state index in [0.717, 1.165) is 16.9 Å². The van der Waals surface area contributed by atoms with E-state index in [1.807, 2.05) is 24.3 Å². The monoisotopic (exact) mass is 358 g/mol. The van der Waals surface area contributed by atoms with Crippen molar-refractivity contribution in [2.24, 2.45) is 5.92 Å². The van der Waals surface area contributed by atoms with Gasteiger partial charge in [0.05, 0.1) is 13.7 Å². The fourth-order valence-electron chi connectivity index (χ4n) is 2.92. The van der Waals surface area contributed by atoms with Crippen LogP contribution in [0.2, 0.25) is 0 Å². The number of benzene rings is 2. The Hall–Kier alpha value is -2.40. The lowest BCUT2D eigenvalue weighted by molar-refractivity contribution is -0.120. The van der Waals surface area contributed by atoms with E-state index in [4.69, 9.17) is 4.74 Å². The van der Waals surface area contributed by atoms with Crippen LogP contribution in [0.4, 0.5) is 4.39 Å². The van der Waals surface area contributed by atoms with Gasteiger partial charge in [-0.1, -0.05) is 44.2 Å². The fraction of sp³-hybridized carbons (Fsp3) is 0.381. The van der Waals surface area contributed by atoms with Gasteiger partial charge in [0.15, 0.2) is 0 Å². The van der Waals surface area contributed by atoms with E-state index < -0.39 is 0 Å². The molecule has 1 amide bonds. The van der Waals surface area contributed by atoms with Crippen molar-refractivity contribution in [2.45, 2.75) is 26.3 Å². The molecule has 0 unspecified atom stereocenters. The second kappa shape index (κ2) is 9.92. The molecule has 0 spiro atoms. The molecule has 140 valence electrons. The van der Waals surface area contributed by atoms with Crippen LogP contribution in [0.5, 0.6) is 5.75 Å². The van der Waals surface area contributed by atoms with Gasteiger partial charge in [0, 0.05) is 12.6 Å². The normalized spacial score (nSPS) is 12.0. The zero-order valence-corrected chi connectivity index (χ0v) is 15.6. The molecule has 2 aromatic rings. The van der Waals surface area contributed by atoms with Gasteiger partial charge in [-0.05, 0) is 41.7 Å². The molecule has 4 nitrogen and oxygen atoms in total. The summed E-state index contributed by atoms with van der Waals surface area (Å²) in [5.41, 5.74) is 2.04. The molecule has 5 heteroatoms. The Bertz CT molecular complexity index is 701. The third-order valence-electron chi connectivity index (χ3n) is 4.29. The van der Waals surface area contributed by atoms with Gasteiger partial charge in [0.25, 0.3) is 0 Å². The van der Waals surface area contributed by atoms with Crippen LogP contribution in [-0.2, 0) is 11.2 Å². The summed E-state index contributed by atoms with van der Waals surface area (Å²) in [5.74, 6) is 0.788. The van der Waals surface area contributed by atoms with Gasteiger partial charge in [0.2, 0.25) is 5.91 Å². The molecule has 0 saturated heterocycles. The average Bonchev–Trinajstić information content (AvgIpc) is 2.63. The van der Waals surface area contributed by atoms with Crippen LogP contribution in [-0.4, -0.2) is 26.1 Å². The summed E-state index contributed by atoms with van der Waals surface area (Å²) in [7, 11) is 1.64. The summed E-state index contributed by atoms with van der Waals surface area (Å²) < 4.78 is 18.4. The molecule has 0 bridgehead atoms. The Balaban J connectivity index is 1.82. The Morgan fingerprint density at radius 1 is 1.12 bits per heavy atom. The zero-order valence-electron chi connectivity index (χ0n) is 15.6. The number of methoxy groups -OCH3 is 1. The lowest BCUT2D eigenvalue weighted by atomic mass is 9.96. The van der Waals surface area contributed by atoms with Gasteiger partial charge in [-0.3, -0.25) is 4.79 Å². The smallest absolute Gasteiger partial charge is 0.233 e. The minimum atomic E-state index is -0.259. The third-order valence-corrected chi connectivity index (χ3v) is 4.29. The van der Waals surface area contributed by atoms with Crippen molar-refractivity contribution >= 4 is 5.91 Å². The number of carbonyl (C=O) groups is 1. The van der Waals surface area contributed by atoms with E-state index in [1.54, 1.807) is 19.2 Å². The number of amides is 1. The van der Waals surface area contributed by atoms with E-state index in [2.05, 4.69) is 24.5 Å². The van der Waals surface area contributed by atoms with Crippen molar-refractivity contribution in [3.8, 4) is 5.75 Å². The quantitative estimate of drug-likeness (QED) is 0.722. The first-order valence-electron chi connectivity index (χ1n) is 8.88. The molecule has 2 N–H and O–H groups in total. The SMILES string of the molecule is COc1ccccc1CCNC(=O)CN[C@H](c1ccc(F)cc1)C(C)C. The molecular weight excluding hydrogens is 331 g/mol. The number of ether oxygens (including phenoxy) is 1. The molecule has 0 aliphatic carbocycles. The average molecular weight is 358 g/mol. The van der Waals surface area contributed by atoms with Crippen molar-refractivity contribution < 1.29 is 13.9 Å². The summed E-state index contributed by atoms with van der Waals surface area (Å²) >= 11 is 0. The summed E-state index contributed by atoms with van der Waals surface area (Å²) in [5, 5.41) is 6.19. The lowest BCUT2D eigenvalue weighted by Crippen LogP contribution is -2.38. The molecule has 0 fully saturated rings. The van der Waals surface area contributed by atoms with Crippen molar-refractivity contribution in [1.82, 2.24) is 10.6 Å². The number of hydrogen-bond acceptors (Lipinski definition) is 3. The van der Waals surface area contributed by atoms with Gasteiger partial charge in [-0.15, -0.1) is 0 Å². The highest BCUT2D eigenvalue weighted by molar-refractivity contribution is 5.78. The highest BCUT2D eigenvalue weighted by atomic mass is 19.1. The Morgan fingerprint density at radius 2 is 1.81 bits per heavy atom. The van der Waals surface area contributed by atoms with Gasteiger partial charge in [-0.2, -0.15) is 0 Å². The van der Waals surface area contributed by atoms with Gasteiger partial charge < -0.3 is 15.4 Å². The summed E-state index contributed by atoms with van der Waals surface area (Å²) in [6.45, 7) is 4.90. The standard InChI is InChI=1S/C21H27FN2O2/c1-15(2)21(17-8-10-18(22)11-9-17)24-14-20(25)23-13-12-16-6-4-5-7-19(16)26-3/h4-11,15,21,24H,12-14H2,1-3H3,(H,23,25)/t21-/m0/s1. The Kier molecular flexibility index (Phi) is 7.60. The largest absolute Gasteiger partial charge is 0.496 e. The number of rotatable bonds is 9. The van der Waals surface area contributed by atoms with Crippen LogP contribution in [0.15, 0.2) is 48.5 Å². The molecule has 0 radical (unpaired) electrons. The number of para-hydroxylation sites is 1. The summed E-state index contributed by atoms with van der Waals surface area (Å²) in [4.78, 5) is 12.1. The van der Waals surface area contributed by atoms with Gasteiger partial charge in [-0.25, -0.2) is 4.39 Å². The molecule has 0 aliphatic heterocycles. The van der Waals surface area contributed by atoms with E-state index in [9.17, 15) is 9.18 Å². The minimum absolute atomic E-state index is 0.00410. The number of carbonyl (C=O) groups excluding carboxylic acids is 1. The lowest BCUT2D eigenvalue weighted by Gasteiger charge is -2.23. The Morgan fingerprint density at radius 3 is 2.46 bits per heavy atom. The number of hydrogen-bond donors (Lipinski definition) is 2. The van der Waals surface area contributed by atoms with Crippen molar-refractivity contribution in [3.63, 3.8) is 0 Å². The Labute approximate surface area is 154 Å². The van der Waals surface area contributed by atoms with Gasteiger partial charge >= 0.3 is 0 Å². The van der Waals surface area contributed by atoms with Crippen LogP contribution in [0, 0.1) is 11.7 Å². The molecule has 1 atom stereocenters. The van der Waals surface area contributed by atoms with E-state index in [-0.39, 0.29) is 30.2 Å². The number of nitrogens with one attached hydrogen (secondary N) is 2. The molecular formula is C21H27FN2O2. The molecule has 0 saturated carbocycles. The van der Waals surface area contributed by atoms with E-state index in [1.165, 1.54) is 12.1 Å². The predicted molar refractivity (Wildman–Crippen MR) is 102 cm³/mol. The first kappa shape index (κ1) is 19.9. The van der Waals surface area contributed by atoms with E-state index in [0.29, 0.717) is 13.0 Å². The van der Waals surface area contributed by atoms with Crippen LogP contribution in [0.3, 0.4) is 0 Å². The fourth-order valence-corrected chi connectivity index (χ4v) is 2.92. The maximum Gasteiger partial charge on any atom is 0.233 e. The molecule has 2 rings (SSSR count). The summed E-state index contributed by atoms with van der Waals surface area (Å²) in [6, 6.07) is 14.2. The highest BCUT2D eigenvalue weighted by Crippen LogP contribution is 2.21. The second-order valence-electron chi connectivity index (χ2n) is 6.57. The maximum absolute atomic E-state index is 13.1. The van der Waals surface area contributed by atoms with E-state index >= 15 is 0 Å². The minimum Gasteiger partial charge on any atom is -0.496 e. The first-order valence-corrected chi connectivity index (χ1v) is 8.88. The molecule has 2 aromatic carbocycles. The third kappa shape index (κ3) is 5.85. The van der Waals surface area contributed by atoms with Crippen LogP contribution >= 0.6 is 0 Å². The van der Waals surface area contributed by atoms with Crippen LogP contribution in [0.25, 0.3) is 0 Å². The van der Waals surface area contributed by atoms with Gasteiger partial charge in [0.1, 0.15) is 11.6 Å². The summed E-state index contributed by atoms with van der Waals surface area (Å²) in [6.07, 6.45) is 0.710. The number of halogens is 1. The van der Waals surface area contributed by atoms with Crippen molar-refractivity contribution in [1.29, 1.82) is 0 Å². The highest BCUT2D eigenvalue weighted by Gasteiger charge is 2.16.